The van der Waals surface area contributed by atoms with Crippen molar-refractivity contribution < 1.29 is 9.53 Å². The Hall–Kier alpha value is -1.28. The molecule has 2 heterocycles. The van der Waals surface area contributed by atoms with Gasteiger partial charge >= 0.3 is 6.09 Å². The van der Waals surface area contributed by atoms with Gasteiger partial charge in [-0.05, 0) is 58.9 Å². The van der Waals surface area contributed by atoms with Crippen molar-refractivity contribution in [1.29, 1.82) is 5.26 Å². The molecule has 2 atom stereocenters. The second-order valence-corrected chi connectivity index (χ2v) is 7.52. The first-order chi connectivity index (χ1) is 10.4. The third-order valence-electron chi connectivity index (χ3n) is 4.59. The van der Waals surface area contributed by atoms with E-state index in [-0.39, 0.29) is 6.09 Å². The zero-order chi connectivity index (χ0) is 16.2. The van der Waals surface area contributed by atoms with Gasteiger partial charge in [0.25, 0.3) is 0 Å². The topological polar surface area (TPSA) is 56.6 Å². The summed E-state index contributed by atoms with van der Waals surface area (Å²) in [7, 11) is 0. The maximum absolute atomic E-state index is 12.3. The van der Waals surface area contributed by atoms with Crippen LogP contribution in [0, 0.1) is 17.2 Å². The summed E-state index contributed by atoms with van der Waals surface area (Å²) in [5, 5.41) is 9.03. The highest BCUT2D eigenvalue weighted by Gasteiger charge is 2.35. The van der Waals surface area contributed by atoms with Crippen LogP contribution in [0.3, 0.4) is 0 Å². The molecule has 2 saturated heterocycles. The number of ether oxygens (including phenoxy) is 1. The lowest BCUT2D eigenvalue weighted by Crippen LogP contribution is -2.51. The second-order valence-electron chi connectivity index (χ2n) is 7.52. The molecule has 124 valence electrons. The van der Waals surface area contributed by atoms with Gasteiger partial charge in [-0.3, -0.25) is 4.90 Å². The fourth-order valence-corrected chi connectivity index (χ4v) is 3.65. The standard InChI is InChI=1S/C17H29N3O2/c1-17(2,3)22-16(21)20-11-6-7-14(13-20)15-8-4-5-10-19(15)12-9-18/h14-15H,4-8,10-13H2,1-3H3. The van der Waals surface area contributed by atoms with Crippen LogP contribution in [0.1, 0.15) is 52.9 Å². The first-order valence-electron chi connectivity index (χ1n) is 8.49. The van der Waals surface area contributed by atoms with E-state index in [1.165, 1.54) is 12.8 Å². The zero-order valence-electron chi connectivity index (χ0n) is 14.2. The van der Waals surface area contributed by atoms with Crippen molar-refractivity contribution in [2.24, 2.45) is 5.92 Å². The highest BCUT2D eigenvalue weighted by atomic mass is 16.6. The van der Waals surface area contributed by atoms with E-state index in [0.717, 1.165) is 38.9 Å². The van der Waals surface area contributed by atoms with Crippen LogP contribution in [0.5, 0.6) is 0 Å². The minimum atomic E-state index is -0.443. The monoisotopic (exact) mass is 307 g/mol. The number of nitrogens with zero attached hydrogens (tertiary/aromatic N) is 3. The van der Waals surface area contributed by atoms with Crippen molar-refractivity contribution >= 4 is 6.09 Å². The quantitative estimate of drug-likeness (QED) is 0.736. The summed E-state index contributed by atoms with van der Waals surface area (Å²) >= 11 is 0. The molecular formula is C17H29N3O2. The lowest BCUT2D eigenvalue weighted by Gasteiger charge is -2.43. The SMILES string of the molecule is CC(C)(C)OC(=O)N1CCCC(C2CCCCN2CC#N)C1. The minimum Gasteiger partial charge on any atom is -0.444 e. The molecule has 0 aromatic heterocycles. The van der Waals surface area contributed by atoms with E-state index in [2.05, 4.69) is 11.0 Å². The van der Waals surface area contributed by atoms with Crippen molar-refractivity contribution in [3.8, 4) is 6.07 Å². The second kappa shape index (κ2) is 7.32. The Labute approximate surface area is 134 Å². The van der Waals surface area contributed by atoms with Crippen LogP contribution in [0.15, 0.2) is 0 Å². The maximum atomic E-state index is 12.3. The van der Waals surface area contributed by atoms with Crippen LogP contribution in [0.4, 0.5) is 4.79 Å². The molecule has 5 heteroatoms. The number of hydrogen-bond donors (Lipinski definition) is 0. The van der Waals surface area contributed by atoms with Gasteiger partial charge in [-0.1, -0.05) is 6.42 Å². The molecule has 1 amide bonds. The Morgan fingerprint density at radius 3 is 2.68 bits per heavy atom. The summed E-state index contributed by atoms with van der Waals surface area (Å²) in [6.45, 7) is 8.79. The molecule has 2 fully saturated rings. The molecular weight excluding hydrogens is 278 g/mol. The van der Waals surface area contributed by atoms with E-state index in [0.29, 0.717) is 18.5 Å². The van der Waals surface area contributed by atoms with E-state index < -0.39 is 5.60 Å². The molecule has 0 saturated carbocycles. The maximum Gasteiger partial charge on any atom is 0.410 e. The summed E-state index contributed by atoms with van der Waals surface area (Å²) in [6.07, 6.45) is 5.54. The molecule has 0 N–H and O–H groups in total. The number of hydrogen-bond acceptors (Lipinski definition) is 4. The molecule has 0 bridgehead atoms. The summed E-state index contributed by atoms with van der Waals surface area (Å²) in [5.41, 5.74) is -0.443. The van der Waals surface area contributed by atoms with Gasteiger partial charge in [-0.25, -0.2) is 4.79 Å². The lowest BCUT2D eigenvalue weighted by molar-refractivity contribution is 0.00593. The van der Waals surface area contributed by atoms with Crippen LogP contribution in [0.2, 0.25) is 0 Å². The summed E-state index contributed by atoms with van der Waals surface area (Å²) in [6, 6.07) is 2.74. The average molecular weight is 307 g/mol. The third kappa shape index (κ3) is 4.61. The smallest absolute Gasteiger partial charge is 0.410 e. The molecule has 2 aliphatic rings. The number of amides is 1. The van der Waals surface area contributed by atoms with Gasteiger partial charge in [0.05, 0.1) is 12.6 Å². The van der Waals surface area contributed by atoms with Gasteiger partial charge in [0.1, 0.15) is 5.60 Å². The Morgan fingerprint density at radius 2 is 2.00 bits per heavy atom. The van der Waals surface area contributed by atoms with Gasteiger partial charge in [-0.15, -0.1) is 0 Å². The summed E-state index contributed by atoms with van der Waals surface area (Å²) in [5.74, 6) is 0.468. The van der Waals surface area contributed by atoms with Crippen LogP contribution in [-0.2, 0) is 4.74 Å². The molecule has 2 rings (SSSR count). The normalized spacial score (nSPS) is 27.3. The Kier molecular flexibility index (Phi) is 5.69. The molecule has 0 aliphatic carbocycles. The van der Waals surface area contributed by atoms with E-state index >= 15 is 0 Å². The minimum absolute atomic E-state index is 0.195. The zero-order valence-corrected chi connectivity index (χ0v) is 14.2. The highest BCUT2D eigenvalue weighted by molar-refractivity contribution is 5.68. The largest absolute Gasteiger partial charge is 0.444 e. The molecule has 2 aliphatic heterocycles. The van der Waals surface area contributed by atoms with Gasteiger partial charge in [-0.2, -0.15) is 5.26 Å². The van der Waals surface area contributed by atoms with Crippen molar-refractivity contribution in [3.63, 3.8) is 0 Å². The Balaban J connectivity index is 1.97. The van der Waals surface area contributed by atoms with Crippen molar-refractivity contribution in [3.05, 3.63) is 0 Å². The van der Waals surface area contributed by atoms with E-state index in [1.807, 2.05) is 25.7 Å². The third-order valence-corrected chi connectivity index (χ3v) is 4.59. The number of carbonyl (C=O) groups is 1. The van der Waals surface area contributed by atoms with E-state index in [1.54, 1.807) is 0 Å². The molecule has 0 aromatic rings. The van der Waals surface area contributed by atoms with Gasteiger partial charge in [0.15, 0.2) is 0 Å². The van der Waals surface area contributed by atoms with Crippen LogP contribution < -0.4 is 0 Å². The first-order valence-corrected chi connectivity index (χ1v) is 8.49. The predicted molar refractivity (Wildman–Crippen MR) is 85.4 cm³/mol. The highest BCUT2D eigenvalue weighted by Crippen LogP contribution is 2.30. The van der Waals surface area contributed by atoms with Crippen LogP contribution in [-0.4, -0.2) is 53.7 Å². The summed E-state index contributed by atoms with van der Waals surface area (Å²) in [4.78, 5) is 16.5. The molecule has 2 unspecified atom stereocenters. The fourth-order valence-electron chi connectivity index (χ4n) is 3.65. The Morgan fingerprint density at radius 1 is 1.23 bits per heavy atom. The molecule has 0 spiro atoms. The van der Waals surface area contributed by atoms with Crippen molar-refractivity contribution in [2.75, 3.05) is 26.2 Å². The van der Waals surface area contributed by atoms with E-state index in [4.69, 9.17) is 10.00 Å². The number of carbonyl (C=O) groups excluding carboxylic acids is 1. The fraction of sp³-hybridized carbons (Fsp3) is 0.882. The van der Waals surface area contributed by atoms with Crippen molar-refractivity contribution in [2.45, 2.75) is 64.5 Å². The lowest BCUT2D eigenvalue weighted by atomic mass is 9.85. The number of piperidine rings is 2. The number of likely N-dealkylation sites (tertiary alicyclic amines) is 2. The molecule has 0 radical (unpaired) electrons. The van der Waals surface area contributed by atoms with Crippen molar-refractivity contribution in [1.82, 2.24) is 9.80 Å². The first kappa shape index (κ1) is 17.1. The van der Waals surface area contributed by atoms with Gasteiger partial charge in [0, 0.05) is 19.1 Å². The predicted octanol–water partition coefficient (Wildman–Crippen LogP) is 3.01. The van der Waals surface area contributed by atoms with Gasteiger partial charge in [0.2, 0.25) is 0 Å². The van der Waals surface area contributed by atoms with Crippen LogP contribution in [0.25, 0.3) is 0 Å². The molecule has 0 aromatic carbocycles. The van der Waals surface area contributed by atoms with Crippen LogP contribution >= 0.6 is 0 Å². The van der Waals surface area contributed by atoms with E-state index in [9.17, 15) is 4.79 Å². The molecule has 22 heavy (non-hydrogen) atoms. The number of nitriles is 1. The summed E-state index contributed by atoms with van der Waals surface area (Å²) < 4.78 is 5.51. The van der Waals surface area contributed by atoms with Gasteiger partial charge < -0.3 is 9.64 Å². The number of rotatable bonds is 2. The molecule has 5 nitrogen and oxygen atoms in total. The Bertz CT molecular complexity index is 425. The average Bonchev–Trinajstić information content (AvgIpc) is 2.46.